The minimum atomic E-state index is -0.393. The van der Waals surface area contributed by atoms with Gasteiger partial charge in [-0.1, -0.05) is 54.6 Å². The quantitative estimate of drug-likeness (QED) is 0.245. The van der Waals surface area contributed by atoms with Gasteiger partial charge in [-0.3, -0.25) is 14.4 Å². The summed E-state index contributed by atoms with van der Waals surface area (Å²) in [5.74, 6) is -1.10. The lowest BCUT2D eigenvalue weighted by molar-refractivity contribution is -0.145. The Labute approximate surface area is 243 Å². The predicted octanol–water partition coefficient (Wildman–Crippen LogP) is 4.69. The van der Waals surface area contributed by atoms with Gasteiger partial charge in [0.25, 0.3) is 0 Å². The summed E-state index contributed by atoms with van der Waals surface area (Å²) in [4.78, 5) is 43.3. The smallest absolute Gasteiger partial charge is 0.249 e. The summed E-state index contributed by atoms with van der Waals surface area (Å²) in [6, 6.07) is 22.2. The molecule has 42 heavy (non-hydrogen) atoms. The highest BCUT2D eigenvalue weighted by atomic mass is 19.1. The summed E-state index contributed by atoms with van der Waals surface area (Å²) >= 11 is 0. The molecule has 1 unspecified atom stereocenters. The molecule has 5 rings (SSSR count). The van der Waals surface area contributed by atoms with Crippen LogP contribution in [-0.2, 0) is 38.8 Å². The Hall–Kier alpha value is -4.34. The lowest BCUT2D eigenvalue weighted by Crippen LogP contribution is -2.46. The van der Waals surface area contributed by atoms with Crippen molar-refractivity contribution in [1.82, 2.24) is 9.80 Å². The second-order valence-corrected chi connectivity index (χ2v) is 10.4. The van der Waals surface area contributed by atoms with Crippen LogP contribution in [0.3, 0.4) is 0 Å². The van der Waals surface area contributed by atoms with E-state index in [1.165, 1.54) is 28.2 Å². The summed E-state index contributed by atoms with van der Waals surface area (Å²) in [5, 5.41) is 0.412. The van der Waals surface area contributed by atoms with Gasteiger partial charge in [0.15, 0.2) is 5.43 Å². The maximum absolute atomic E-state index is 13.8. The van der Waals surface area contributed by atoms with E-state index in [2.05, 4.69) is 0 Å². The third-order valence-corrected chi connectivity index (χ3v) is 7.22. The summed E-state index contributed by atoms with van der Waals surface area (Å²) in [6.45, 7) is 0.770. The van der Waals surface area contributed by atoms with Gasteiger partial charge in [0.2, 0.25) is 11.8 Å². The van der Waals surface area contributed by atoms with E-state index < -0.39 is 5.82 Å². The molecule has 3 aromatic carbocycles. The Morgan fingerprint density at radius 3 is 2.40 bits per heavy atom. The molecule has 1 aliphatic rings. The first-order chi connectivity index (χ1) is 20.5. The molecular formula is C33H33FN2O6. The van der Waals surface area contributed by atoms with Gasteiger partial charge in [-0.05, 0) is 48.2 Å². The Balaban J connectivity index is 1.34. The largest absolute Gasteiger partial charge is 0.464 e. The first-order valence-corrected chi connectivity index (χ1v) is 14.0. The number of benzene rings is 3. The molecule has 4 aromatic rings. The zero-order valence-electron chi connectivity index (χ0n) is 23.2. The zero-order valence-corrected chi connectivity index (χ0v) is 23.2. The SMILES string of the molecule is O=C(CN(CC1CCCO1)C(=O)COCc1ccccc1)N(Cc1ccc(F)cc1)Cc1coc2ccccc2c1=O. The Bertz CT molecular complexity index is 1550. The van der Waals surface area contributed by atoms with Gasteiger partial charge in [-0.2, -0.15) is 0 Å². The van der Waals surface area contributed by atoms with Gasteiger partial charge in [-0.25, -0.2) is 4.39 Å². The number of halogens is 1. The first kappa shape index (κ1) is 29.2. The fourth-order valence-corrected chi connectivity index (χ4v) is 4.95. The van der Waals surface area contributed by atoms with Crippen molar-refractivity contribution in [2.24, 2.45) is 0 Å². The molecule has 1 atom stereocenters. The highest BCUT2D eigenvalue weighted by molar-refractivity contribution is 5.85. The average Bonchev–Trinajstić information content (AvgIpc) is 3.52. The molecule has 2 heterocycles. The van der Waals surface area contributed by atoms with E-state index in [1.54, 1.807) is 36.4 Å². The normalized spacial score (nSPS) is 14.6. The predicted molar refractivity (Wildman–Crippen MR) is 155 cm³/mol. The van der Waals surface area contributed by atoms with Gasteiger partial charge in [0.05, 0.1) is 43.0 Å². The molecule has 9 heteroatoms. The van der Waals surface area contributed by atoms with Crippen molar-refractivity contribution in [2.45, 2.75) is 38.6 Å². The molecule has 0 saturated carbocycles. The van der Waals surface area contributed by atoms with Gasteiger partial charge >= 0.3 is 0 Å². The van der Waals surface area contributed by atoms with Crippen LogP contribution in [0.15, 0.2) is 94.3 Å². The number of fused-ring (bicyclic) bond motifs is 1. The van der Waals surface area contributed by atoms with Crippen molar-refractivity contribution in [3.8, 4) is 0 Å². The third kappa shape index (κ3) is 7.69. The Morgan fingerprint density at radius 1 is 0.881 bits per heavy atom. The fourth-order valence-electron chi connectivity index (χ4n) is 4.95. The molecule has 218 valence electrons. The monoisotopic (exact) mass is 572 g/mol. The van der Waals surface area contributed by atoms with Crippen LogP contribution in [0.5, 0.6) is 0 Å². The summed E-state index contributed by atoms with van der Waals surface area (Å²) in [5.41, 5.74) is 2.12. The minimum Gasteiger partial charge on any atom is -0.464 e. The van der Waals surface area contributed by atoms with E-state index >= 15 is 0 Å². The van der Waals surface area contributed by atoms with Crippen LogP contribution in [0.2, 0.25) is 0 Å². The lowest BCUT2D eigenvalue weighted by atomic mass is 10.1. The van der Waals surface area contributed by atoms with Gasteiger partial charge < -0.3 is 23.7 Å². The number of ether oxygens (including phenoxy) is 2. The van der Waals surface area contributed by atoms with E-state index in [9.17, 15) is 18.8 Å². The number of carbonyl (C=O) groups is 2. The number of hydrogen-bond donors (Lipinski definition) is 0. The molecule has 2 amide bonds. The van der Waals surface area contributed by atoms with Crippen LogP contribution in [0, 0.1) is 5.82 Å². The van der Waals surface area contributed by atoms with Gasteiger partial charge in [0, 0.05) is 19.7 Å². The maximum atomic E-state index is 13.8. The summed E-state index contributed by atoms with van der Waals surface area (Å²) in [6.07, 6.45) is 2.87. The van der Waals surface area contributed by atoms with Gasteiger partial charge in [-0.15, -0.1) is 0 Å². The standard InChI is InChI=1S/C33H33FN2O6/c34-27-14-12-24(13-15-27)17-35(18-26-22-42-30-11-5-4-10-29(30)33(26)39)31(37)20-36(19-28-9-6-16-41-28)32(38)23-40-21-25-7-2-1-3-8-25/h1-5,7-8,10-15,22,28H,6,9,16-21,23H2. The topological polar surface area (TPSA) is 89.3 Å². The van der Waals surface area contributed by atoms with Crippen LogP contribution in [0.1, 0.15) is 29.5 Å². The Kier molecular flexibility index (Phi) is 9.74. The van der Waals surface area contributed by atoms with Crippen LogP contribution in [-0.4, -0.2) is 54.0 Å². The molecule has 1 fully saturated rings. The van der Waals surface area contributed by atoms with E-state index in [1.807, 2.05) is 30.3 Å². The van der Waals surface area contributed by atoms with E-state index in [0.717, 1.165) is 18.4 Å². The van der Waals surface area contributed by atoms with Crippen molar-refractivity contribution >= 4 is 22.8 Å². The third-order valence-electron chi connectivity index (χ3n) is 7.22. The molecule has 1 aromatic heterocycles. The number of amides is 2. The molecule has 8 nitrogen and oxygen atoms in total. The van der Waals surface area contributed by atoms with Crippen molar-refractivity contribution in [1.29, 1.82) is 0 Å². The number of hydrogen-bond acceptors (Lipinski definition) is 6. The minimum absolute atomic E-state index is 0.0458. The highest BCUT2D eigenvalue weighted by Crippen LogP contribution is 2.17. The van der Waals surface area contributed by atoms with Crippen LogP contribution in [0.4, 0.5) is 4.39 Å². The molecule has 0 radical (unpaired) electrons. The maximum Gasteiger partial charge on any atom is 0.249 e. The average molecular weight is 573 g/mol. The van der Waals surface area contributed by atoms with E-state index in [-0.39, 0.29) is 62.7 Å². The number of nitrogens with zero attached hydrogens (tertiary/aromatic N) is 2. The van der Waals surface area contributed by atoms with Crippen molar-refractivity contribution in [3.63, 3.8) is 0 Å². The van der Waals surface area contributed by atoms with Crippen molar-refractivity contribution in [3.05, 3.63) is 118 Å². The van der Waals surface area contributed by atoms with Crippen molar-refractivity contribution < 1.29 is 27.9 Å². The second-order valence-electron chi connectivity index (χ2n) is 10.4. The first-order valence-electron chi connectivity index (χ1n) is 14.0. The van der Waals surface area contributed by atoms with Crippen LogP contribution in [0.25, 0.3) is 11.0 Å². The van der Waals surface area contributed by atoms with Crippen molar-refractivity contribution in [2.75, 3.05) is 26.3 Å². The molecule has 0 bridgehead atoms. The van der Waals surface area contributed by atoms with E-state index in [4.69, 9.17) is 13.9 Å². The number of rotatable bonds is 12. The van der Waals surface area contributed by atoms with Crippen LogP contribution >= 0.6 is 0 Å². The second kappa shape index (κ2) is 14.0. The number of para-hydroxylation sites is 1. The summed E-state index contributed by atoms with van der Waals surface area (Å²) < 4.78 is 30.7. The molecule has 1 aliphatic heterocycles. The van der Waals surface area contributed by atoms with Gasteiger partial charge in [0.1, 0.15) is 18.0 Å². The Morgan fingerprint density at radius 2 is 1.64 bits per heavy atom. The molecule has 1 saturated heterocycles. The summed E-state index contributed by atoms with van der Waals surface area (Å²) in [7, 11) is 0. The molecular weight excluding hydrogens is 539 g/mol. The highest BCUT2D eigenvalue weighted by Gasteiger charge is 2.27. The molecule has 0 N–H and O–H groups in total. The van der Waals surface area contributed by atoms with E-state index in [0.29, 0.717) is 28.7 Å². The number of carbonyl (C=O) groups excluding carboxylic acids is 2. The molecule has 0 spiro atoms. The molecule has 0 aliphatic carbocycles. The lowest BCUT2D eigenvalue weighted by Gasteiger charge is -2.29. The van der Waals surface area contributed by atoms with Crippen LogP contribution < -0.4 is 5.43 Å². The fraction of sp³-hybridized carbons (Fsp3) is 0.303. The zero-order chi connectivity index (χ0) is 29.3.